The molecular formula is C14H18O4. The summed E-state index contributed by atoms with van der Waals surface area (Å²) in [6.07, 6.45) is 3.49. The molecule has 4 nitrogen and oxygen atoms in total. The van der Waals surface area contributed by atoms with Crippen LogP contribution >= 0.6 is 0 Å². The molecule has 98 valence electrons. The van der Waals surface area contributed by atoms with Gasteiger partial charge in [-0.3, -0.25) is 0 Å². The molecule has 0 amide bonds. The van der Waals surface area contributed by atoms with Crippen LogP contribution in [0.5, 0.6) is 11.5 Å². The summed E-state index contributed by atoms with van der Waals surface area (Å²) in [5.74, 6) is 0.182. The van der Waals surface area contributed by atoms with Crippen LogP contribution in [0.25, 0.3) is 6.08 Å². The molecule has 1 aromatic carbocycles. The van der Waals surface area contributed by atoms with Crippen LogP contribution < -0.4 is 9.47 Å². The van der Waals surface area contributed by atoms with Crippen LogP contribution in [-0.2, 0) is 4.79 Å². The molecule has 0 heterocycles. The van der Waals surface area contributed by atoms with Crippen molar-refractivity contribution in [3.8, 4) is 11.5 Å². The van der Waals surface area contributed by atoms with Gasteiger partial charge in [0, 0.05) is 11.6 Å². The van der Waals surface area contributed by atoms with Gasteiger partial charge in [-0.2, -0.15) is 0 Å². The van der Waals surface area contributed by atoms with Gasteiger partial charge in [0.25, 0.3) is 0 Å². The number of rotatable bonds is 6. The second kappa shape index (κ2) is 6.69. The smallest absolute Gasteiger partial charge is 0.328 e. The van der Waals surface area contributed by atoms with Gasteiger partial charge in [-0.15, -0.1) is 0 Å². The van der Waals surface area contributed by atoms with Crippen molar-refractivity contribution >= 4 is 12.0 Å². The number of benzene rings is 1. The predicted octanol–water partition coefficient (Wildman–Crippen LogP) is 2.97. The summed E-state index contributed by atoms with van der Waals surface area (Å²) in [5.41, 5.74) is 0.692. The van der Waals surface area contributed by atoms with Crippen molar-refractivity contribution in [3.63, 3.8) is 0 Å². The Balaban J connectivity index is 3.11. The lowest BCUT2D eigenvalue weighted by molar-refractivity contribution is -0.131. The van der Waals surface area contributed by atoms with E-state index in [1.54, 1.807) is 25.3 Å². The first-order valence-corrected chi connectivity index (χ1v) is 5.83. The van der Waals surface area contributed by atoms with Crippen molar-refractivity contribution in [3.05, 3.63) is 29.8 Å². The first-order chi connectivity index (χ1) is 8.58. The second-order valence-electron chi connectivity index (χ2n) is 3.89. The van der Waals surface area contributed by atoms with Crippen LogP contribution in [0.4, 0.5) is 0 Å². The lowest BCUT2D eigenvalue weighted by atomic mass is 10.1. The Hall–Kier alpha value is -1.97. The molecule has 0 saturated carbocycles. The number of hydrogen-bond acceptors (Lipinski definition) is 3. The average molecular weight is 250 g/mol. The third-order valence-electron chi connectivity index (χ3n) is 2.53. The van der Waals surface area contributed by atoms with Crippen LogP contribution in [0.2, 0.25) is 0 Å². The third-order valence-corrected chi connectivity index (χ3v) is 2.53. The molecule has 1 unspecified atom stereocenters. The van der Waals surface area contributed by atoms with Gasteiger partial charge in [-0.25, -0.2) is 4.79 Å². The van der Waals surface area contributed by atoms with E-state index in [0.717, 1.165) is 12.5 Å². The van der Waals surface area contributed by atoms with Gasteiger partial charge < -0.3 is 14.6 Å². The standard InChI is InChI=1S/C14H18O4/c1-4-10(2)18-14-11(8-9-13(15)16)6-5-7-12(14)17-3/h5-10H,4H2,1-3H3,(H,15,16)/b9-8-. The van der Waals surface area contributed by atoms with Crippen LogP contribution in [0.15, 0.2) is 24.3 Å². The number of carboxylic acids is 1. The SMILES string of the molecule is CCC(C)Oc1c(/C=C\C(=O)O)cccc1OC. The van der Waals surface area contributed by atoms with E-state index in [1.807, 2.05) is 13.8 Å². The van der Waals surface area contributed by atoms with Crippen LogP contribution in [0.1, 0.15) is 25.8 Å². The Morgan fingerprint density at radius 1 is 1.50 bits per heavy atom. The molecule has 1 atom stereocenters. The highest BCUT2D eigenvalue weighted by Gasteiger charge is 2.11. The minimum atomic E-state index is -0.993. The summed E-state index contributed by atoms with van der Waals surface area (Å²) in [5, 5.41) is 8.66. The Labute approximate surface area is 107 Å². The van der Waals surface area contributed by atoms with Gasteiger partial charge in [0.15, 0.2) is 11.5 Å². The maximum atomic E-state index is 10.6. The monoisotopic (exact) mass is 250 g/mol. The van der Waals surface area contributed by atoms with Crippen molar-refractivity contribution in [2.75, 3.05) is 7.11 Å². The van der Waals surface area contributed by atoms with Crippen LogP contribution in [0.3, 0.4) is 0 Å². The molecule has 0 aliphatic heterocycles. The lowest BCUT2D eigenvalue weighted by Crippen LogP contribution is -2.11. The van der Waals surface area contributed by atoms with Crippen molar-refractivity contribution < 1.29 is 19.4 Å². The quantitative estimate of drug-likeness (QED) is 0.788. The Morgan fingerprint density at radius 3 is 2.78 bits per heavy atom. The zero-order valence-corrected chi connectivity index (χ0v) is 10.8. The molecule has 1 rings (SSSR count). The van der Waals surface area contributed by atoms with E-state index in [4.69, 9.17) is 14.6 Å². The molecular weight excluding hydrogens is 232 g/mol. The van der Waals surface area contributed by atoms with Crippen LogP contribution in [0, 0.1) is 0 Å². The number of para-hydroxylation sites is 1. The van der Waals surface area contributed by atoms with Crippen molar-refractivity contribution in [2.45, 2.75) is 26.4 Å². The number of carboxylic acid groups (broad SMARTS) is 1. The van der Waals surface area contributed by atoms with E-state index in [2.05, 4.69) is 0 Å². The molecule has 0 saturated heterocycles. The average Bonchev–Trinajstić information content (AvgIpc) is 2.36. The zero-order chi connectivity index (χ0) is 13.5. The maximum Gasteiger partial charge on any atom is 0.328 e. The Morgan fingerprint density at radius 2 is 2.22 bits per heavy atom. The molecule has 0 aromatic heterocycles. The van der Waals surface area contributed by atoms with E-state index in [-0.39, 0.29) is 6.10 Å². The van der Waals surface area contributed by atoms with Crippen molar-refractivity contribution in [1.82, 2.24) is 0 Å². The fourth-order valence-electron chi connectivity index (χ4n) is 1.40. The number of carbonyl (C=O) groups is 1. The van der Waals surface area contributed by atoms with Gasteiger partial charge in [-0.05, 0) is 25.5 Å². The molecule has 0 spiro atoms. The number of ether oxygens (including phenoxy) is 2. The fourth-order valence-corrected chi connectivity index (χ4v) is 1.40. The number of methoxy groups -OCH3 is 1. The minimum absolute atomic E-state index is 0.0401. The lowest BCUT2D eigenvalue weighted by Gasteiger charge is -2.17. The number of hydrogen-bond donors (Lipinski definition) is 1. The summed E-state index contributed by atoms with van der Waals surface area (Å²) in [7, 11) is 1.56. The van der Waals surface area contributed by atoms with Gasteiger partial charge in [0.05, 0.1) is 13.2 Å². The second-order valence-corrected chi connectivity index (χ2v) is 3.89. The highest BCUT2D eigenvalue weighted by Crippen LogP contribution is 2.33. The highest BCUT2D eigenvalue weighted by atomic mass is 16.5. The normalized spacial score (nSPS) is 12.4. The molecule has 0 fully saturated rings. The van der Waals surface area contributed by atoms with E-state index in [9.17, 15) is 4.79 Å². The molecule has 0 aliphatic carbocycles. The van der Waals surface area contributed by atoms with Crippen molar-refractivity contribution in [2.24, 2.45) is 0 Å². The van der Waals surface area contributed by atoms with Crippen LogP contribution in [-0.4, -0.2) is 24.3 Å². The van der Waals surface area contributed by atoms with E-state index < -0.39 is 5.97 Å². The molecule has 4 heteroatoms. The molecule has 1 N–H and O–H groups in total. The molecule has 0 aliphatic rings. The molecule has 1 aromatic rings. The van der Waals surface area contributed by atoms with E-state index in [0.29, 0.717) is 17.1 Å². The summed E-state index contributed by atoms with van der Waals surface area (Å²) < 4.78 is 11.0. The largest absolute Gasteiger partial charge is 0.493 e. The summed E-state index contributed by atoms with van der Waals surface area (Å²) in [4.78, 5) is 10.6. The Kier molecular flexibility index (Phi) is 5.24. The molecule has 0 radical (unpaired) electrons. The van der Waals surface area contributed by atoms with E-state index >= 15 is 0 Å². The van der Waals surface area contributed by atoms with Gasteiger partial charge >= 0.3 is 5.97 Å². The summed E-state index contributed by atoms with van der Waals surface area (Å²) in [6, 6.07) is 5.37. The van der Waals surface area contributed by atoms with Gasteiger partial charge in [0.1, 0.15) is 0 Å². The molecule has 18 heavy (non-hydrogen) atoms. The third kappa shape index (κ3) is 3.80. The Bertz CT molecular complexity index is 437. The fraction of sp³-hybridized carbons (Fsp3) is 0.357. The first-order valence-electron chi connectivity index (χ1n) is 5.83. The predicted molar refractivity (Wildman–Crippen MR) is 70.0 cm³/mol. The topological polar surface area (TPSA) is 55.8 Å². The zero-order valence-electron chi connectivity index (χ0n) is 10.8. The number of aliphatic carboxylic acids is 1. The van der Waals surface area contributed by atoms with Gasteiger partial charge in [0.2, 0.25) is 0 Å². The first kappa shape index (κ1) is 14.1. The van der Waals surface area contributed by atoms with Crippen molar-refractivity contribution in [1.29, 1.82) is 0 Å². The van der Waals surface area contributed by atoms with E-state index in [1.165, 1.54) is 6.08 Å². The summed E-state index contributed by atoms with van der Waals surface area (Å²) in [6.45, 7) is 3.98. The van der Waals surface area contributed by atoms with Gasteiger partial charge in [-0.1, -0.05) is 19.1 Å². The highest BCUT2D eigenvalue weighted by molar-refractivity contribution is 5.86. The minimum Gasteiger partial charge on any atom is -0.493 e. The molecule has 0 bridgehead atoms. The summed E-state index contributed by atoms with van der Waals surface area (Å²) >= 11 is 0. The maximum absolute atomic E-state index is 10.6.